The molecule has 0 atom stereocenters. The van der Waals surface area contributed by atoms with E-state index in [1.807, 2.05) is 0 Å². The van der Waals surface area contributed by atoms with Crippen molar-refractivity contribution in [2.45, 2.75) is 104 Å². The van der Waals surface area contributed by atoms with Crippen LogP contribution in [0.1, 0.15) is 104 Å². The fraction of sp³-hybridized carbons (Fsp3) is 0.889. The highest BCUT2D eigenvalue weighted by atomic mass is 14.0. The van der Waals surface area contributed by atoms with E-state index in [9.17, 15) is 0 Å². The van der Waals surface area contributed by atoms with E-state index < -0.39 is 0 Å². The van der Waals surface area contributed by atoms with Gasteiger partial charge in [0.25, 0.3) is 0 Å². The average molecular weight is 252 g/mol. The maximum atomic E-state index is 2.42. The summed E-state index contributed by atoms with van der Waals surface area (Å²) in [4.78, 5) is 0. The van der Waals surface area contributed by atoms with Crippen LogP contribution in [-0.2, 0) is 0 Å². The molecule has 18 heavy (non-hydrogen) atoms. The second-order valence-corrected chi connectivity index (χ2v) is 5.56. The Morgan fingerprint density at radius 3 is 1.61 bits per heavy atom. The summed E-state index contributed by atoms with van der Waals surface area (Å²) >= 11 is 0. The second kappa shape index (κ2) is 14.8. The molecular formula is C18H36. The summed E-state index contributed by atoms with van der Waals surface area (Å²) in [6, 6.07) is 0. The molecule has 0 aromatic rings. The Kier molecular flexibility index (Phi) is 14.6. The zero-order valence-electron chi connectivity index (χ0n) is 13.3. The average Bonchev–Trinajstić information content (AvgIpc) is 2.39. The van der Waals surface area contributed by atoms with Crippen molar-refractivity contribution in [3.63, 3.8) is 0 Å². The molecule has 108 valence electrons. The number of rotatable bonds is 13. The summed E-state index contributed by atoms with van der Waals surface area (Å²) in [5, 5.41) is 0. The summed E-state index contributed by atoms with van der Waals surface area (Å²) in [7, 11) is 0. The van der Waals surface area contributed by atoms with Gasteiger partial charge in [0, 0.05) is 0 Å². The Balaban J connectivity index is 3.18. The number of hydrogen-bond donors (Lipinski definition) is 0. The van der Waals surface area contributed by atoms with Gasteiger partial charge in [0.1, 0.15) is 0 Å². The van der Waals surface area contributed by atoms with Gasteiger partial charge in [-0.25, -0.2) is 0 Å². The van der Waals surface area contributed by atoms with Crippen LogP contribution in [0.5, 0.6) is 0 Å². The highest BCUT2D eigenvalue weighted by Crippen LogP contribution is 2.15. The van der Waals surface area contributed by atoms with E-state index in [1.54, 1.807) is 5.57 Å². The number of allylic oxidation sites excluding steroid dienone is 2. The molecule has 0 aliphatic heterocycles. The van der Waals surface area contributed by atoms with E-state index in [2.05, 4.69) is 26.8 Å². The van der Waals surface area contributed by atoms with Crippen molar-refractivity contribution in [1.82, 2.24) is 0 Å². The third-order valence-corrected chi connectivity index (χ3v) is 3.80. The zero-order chi connectivity index (χ0) is 13.5. The SMILES string of the molecule is CC/C=C(\CC)CCCCCCCCCCCC. The van der Waals surface area contributed by atoms with Gasteiger partial charge < -0.3 is 0 Å². The van der Waals surface area contributed by atoms with Crippen molar-refractivity contribution in [3.8, 4) is 0 Å². The molecule has 0 N–H and O–H groups in total. The maximum absolute atomic E-state index is 2.42. The predicted molar refractivity (Wildman–Crippen MR) is 85.1 cm³/mol. The molecule has 0 nitrogen and oxygen atoms in total. The zero-order valence-corrected chi connectivity index (χ0v) is 13.3. The van der Waals surface area contributed by atoms with Crippen molar-refractivity contribution in [3.05, 3.63) is 11.6 Å². The first-order valence-electron chi connectivity index (χ1n) is 8.53. The Morgan fingerprint density at radius 2 is 1.17 bits per heavy atom. The van der Waals surface area contributed by atoms with Crippen LogP contribution in [0.25, 0.3) is 0 Å². The molecule has 0 spiro atoms. The van der Waals surface area contributed by atoms with E-state index >= 15 is 0 Å². The van der Waals surface area contributed by atoms with Gasteiger partial charge in [0.15, 0.2) is 0 Å². The summed E-state index contributed by atoms with van der Waals surface area (Å²) in [5.74, 6) is 0. The van der Waals surface area contributed by atoms with Crippen LogP contribution in [0.15, 0.2) is 11.6 Å². The Morgan fingerprint density at radius 1 is 0.667 bits per heavy atom. The Bertz CT molecular complexity index is 178. The lowest BCUT2D eigenvalue weighted by Crippen LogP contribution is -1.85. The van der Waals surface area contributed by atoms with E-state index in [0.717, 1.165) is 0 Å². The van der Waals surface area contributed by atoms with Crippen molar-refractivity contribution in [2.24, 2.45) is 0 Å². The Hall–Kier alpha value is -0.260. The quantitative estimate of drug-likeness (QED) is 0.243. The molecule has 0 unspecified atom stereocenters. The summed E-state index contributed by atoms with van der Waals surface area (Å²) in [5.41, 5.74) is 1.68. The third kappa shape index (κ3) is 12.2. The fourth-order valence-electron chi connectivity index (χ4n) is 2.55. The lowest BCUT2D eigenvalue weighted by molar-refractivity contribution is 0.555. The number of unbranched alkanes of at least 4 members (excludes halogenated alkanes) is 9. The first-order valence-corrected chi connectivity index (χ1v) is 8.53. The van der Waals surface area contributed by atoms with Crippen LogP contribution < -0.4 is 0 Å². The molecule has 0 radical (unpaired) electrons. The van der Waals surface area contributed by atoms with Crippen LogP contribution in [0.3, 0.4) is 0 Å². The molecule has 0 aromatic heterocycles. The van der Waals surface area contributed by atoms with Crippen LogP contribution >= 0.6 is 0 Å². The first kappa shape index (κ1) is 17.7. The minimum absolute atomic E-state index is 1.21. The van der Waals surface area contributed by atoms with Crippen molar-refractivity contribution < 1.29 is 0 Å². The van der Waals surface area contributed by atoms with Gasteiger partial charge in [-0.05, 0) is 25.7 Å². The van der Waals surface area contributed by atoms with Crippen molar-refractivity contribution >= 4 is 0 Å². The van der Waals surface area contributed by atoms with Crippen molar-refractivity contribution in [2.75, 3.05) is 0 Å². The van der Waals surface area contributed by atoms with Crippen LogP contribution in [0.2, 0.25) is 0 Å². The molecule has 0 saturated heterocycles. The first-order chi connectivity index (χ1) is 8.85. The molecule has 0 aliphatic carbocycles. The van der Waals surface area contributed by atoms with Gasteiger partial charge in [-0.2, -0.15) is 0 Å². The summed E-state index contributed by atoms with van der Waals surface area (Å²) in [6.45, 7) is 6.82. The highest BCUT2D eigenvalue weighted by molar-refractivity contribution is 5.00. The minimum Gasteiger partial charge on any atom is -0.0856 e. The molecule has 0 aromatic carbocycles. The Labute approximate surface area is 116 Å². The van der Waals surface area contributed by atoms with Crippen molar-refractivity contribution in [1.29, 1.82) is 0 Å². The van der Waals surface area contributed by atoms with E-state index in [4.69, 9.17) is 0 Å². The third-order valence-electron chi connectivity index (χ3n) is 3.80. The topological polar surface area (TPSA) is 0 Å². The molecule has 0 rings (SSSR count). The summed E-state index contributed by atoms with van der Waals surface area (Å²) < 4.78 is 0. The molecule has 0 aliphatic rings. The monoisotopic (exact) mass is 252 g/mol. The molecule has 0 saturated carbocycles. The van der Waals surface area contributed by atoms with Gasteiger partial charge in [-0.1, -0.05) is 90.2 Å². The lowest BCUT2D eigenvalue weighted by atomic mass is 10.0. The maximum Gasteiger partial charge on any atom is -0.0320 e. The number of hydrogen-bond acceptors (Lipinski definition) is 0. The largest absolute Gasteiger partial charge is 0.0856 e. The van der Waals surface area contributed by atoms with Gasteiger partial charge in [0.05, 0.1) is 0 Å². The van der Waals surface area contributed by atoms with E-state index in [1.165, 1.54) is 83.5 Å². The standard InChI is InChI=1S/C18H36/c1-4-7-8-9-10-11-12-13-14-15-17-18(6-3)16-5-2/h16H,4-15,17H2,1-3H3/b18-16+. The molecule has 0 bridgehead atoms. The van der Waals surface area contributed by atoms with E-state index in [-0.39, 0.29) is 0 Å². The summed E-state index contributed by atoms with van der Waals surface area (Å²) in [6.07, 6.45) is 20.7. The predicted octanol–water partition coefficient (Wildman–Crippen LogP) is 7.04. The van der Waals surface area contributed by atoms with E-state index in [0.29, 0.717) is 0 Å². The highest BCUT2D eigenvalue weighted by Gasteiger charge is 1.95. The lowest BCUT2D eigenvalue weighted by Gasteiger charge is -2.05. The van der Waals surface area contributed by atoms with Crippen LogP contribution in [0.4, 0.5) is 0 Å². The van der Waals surface area contributed by atoms with Gasteiger partial charge in [0.2, 0.25) is 0 Å². The molecule has 0 amide bonds. The molecule has 0 heterocycles. The van der Waals surface area contributed by atoms with Gasteiger partial charge in [-0.15, -0.1) is 0 Å². The fourth-order valence-corrected chi connectivity index (χ4v) is 2.55. The smallest absolute Gasteiger partial charge is 0.0320 e. The molecular weight excluding hydrogens is 216 g/mol. The minimum atomic E-state index is 1.21. The molecule has 0 fully saturated rings. The molecule has 0 heteroatoms. The van der Waals surface area contributed by atoms with Crippen LogP contribution in [0, 0.1) is 0 Å². The van der Waals surface area contributed by atoms with Gasteiger partial charge >= 0.3 is 0 Å². The van der Waals surface area contributed by atoms with Gasteiger partial charge in [-0.3, -0.25) is 0 Å². The van der Waals surface area contributed by atoms with Crippen LogP contribution in [-0.4, -0.2) is 0 Å². The normalized spacial score (nSPS) is 12.1. The second-order valence-electron chi connectivity index (χ2n) is 5.56.